The predicted molar refractivity (Wildman–Crippen MR) is 114 cm³/mol. The van der Waals surface area contributed by atoms with Gasteiger partial charge >= 0.3 is 6.36 Å². The van der Waals surface area contributed by atoms with Crippen LogP contribution in [0.1, 0.15) is 12.5 Å². The smallest absolute Gasteiger partial charge is 0.406 e. The maximum atomic E-state index is 12.6. The fourth-order valence-electron chi connectivity index (χ4n) is 2.71. The summed E-state index contributed by atoms with van der Waals surface area (Å²) in [4.78, 5) is 8.77. The predicted octanol–water partition coefficient (Wildman–Crippen LogP) is 5.54. The molecule has 0 amide bonds. The number of rotatable bonds is 7. The fourth-order valence-corrected chi connectivity index (χ4v) is 2.88. The van der Waals surface area contributed by atoms with E-state index < -0.39 is 6.36 Å². The van der Waals surface area contributed by atoms with Crippen molar-refractivity contribution < 1.29 is 23.0 Å². The second-order valence-electron chi connectivity index (χ2n) is 6.85. The molecule has 0 unspecified atom stereocenters. The molecule has 2 aromatic carbocycles. The van der Waals surface area contributed by atoms with Crippen LogP contribution in [0.5, 0.6) is 5.75 Å². The minimum Gasteiger partial charge on any atom is -0.406 e. The SMILES string of the molecule is Cc1ccc(Cl)cc1Nc1cc(-c2cccc(OC(F)(F)F)c2)nc(N[C@H](C)CO)n1. The van der Waals surface area contributed by atoms with Gasteiger partial charge < -0.3 is 20.5 Å². The van der Waals surface area contributed by atoms with E-state index in [1.54, 1.807) is 31.2 Å². The molecule has 10 heteroatoms. The molecule has 164 valence electrons. The Balaban J connectivity index is 2.01. The zero-order valence-corrected chi connectivity index (χ0v) is 17.4. The molecule has 3 N–H and O–H groups in total. The maximum absolute atomic E-state index is 12.6. The number of ether oxygens (including phenoxy) is 1. The van der Waals surface area contributed by atoms with E-state index in [-0.39, 0.29) is 24.3 Å². The van der Waals surface area contributed by atoms with Gasteiger partial charge in [0, 0.05) is 28.4 Å². The summed E-state index contributed by atoms with van der Waals surface area (Å²) in [5.41, 5.74) is 2.39. The van der Waals surface area contributed by atoms with E-state index in [4.69, 9.17) is 11.6 Å². The van der Waals surface area contributed by atoms with Gasteiger partial charge in [-0.15, -0.1) is 13.2 Å². The van der Waals surface area contributed by atoms with Crippen LogP contribution in [0.25, 0.3) is 11.3 Å². The highest BCUT2D eigenvalue weighted by atomic mass is 35.5. The van der Waals surface area contributed by atoms with Crippen LogP contribution in [0.15, 0.2) is 48.5 Å². The van der Waals surface area contributed by atoms with Crippen molar-refractivity contribution in [2.24, 2.45) is 0 Å². The quantitative estimate of drug-likeness (QED) is 0.437. The highest BCUT2D eigenvalue weighted by molar-refractivity contribution is 6.30. The van der Waals surface area contributed by atoms with E-state index in [2.05, 4.69) is 25.3 Å². The van der Waals surface area contributed by atoms with E-state index in [1.165, 1.54) is 18.2 Å². The average molecular weight is 453 g/mol. The third kappa shape index (κ3) is 6.47. The molecule has 0 saturated carbocycles. The average Bonchev–Trinajstić information content (AvgIpc) is 2.69. The van der Waals surface area contributed by atoms with Gasteiger partial charge in [0.15, 0.2) is 0 Å². The van der Waals surface area contributed by atoms with Crippen LogP contribution in [-0.2, 0) is 0 Å². The Morgan fingerprint density at radius 1 is 1.13 bits per heavy atom. The lowest BCUT2D eigenvalue weighted by molar-refractivity contribution is -0.274. The molecule has 0 aliphatic carbocycles. The summed E-state index contributed by atoms with van der Waals surface area (Å²) in [7, 11) is 0. The van der Waals surface area contributed by atoms with Crippen LogP contribution >= 0.6 is 11.6 Å². The third-order valence-corrected chi connectivity index (χ3v) is 4.44. The summed E-state index contributed by atoms with van der Waals surface area (Å²) in [6, 6.07) is 12.1. The number of aliphatic hydroxyl groups excluding tert-OH is 1. The maximum Gasteiger partial charge on any atom is 0.573 e. The second kappa shape index (κ2) is 9.40. The molecule has 0 aliphatic rings. The molecule has 0 saturated heterocycles. The molecule has 0 fully saturated rings. The monoisotopic (exact) mass is 452 g/mol. The van der Waals surface area contributed by atoms with Gasteiger partial charge in [-0.3, -0.25) is 0 Å². The van der Waals surface area contributed by atoms with Gasteiger partial charge in [-0.05, 0) is 43.7 Å². The molecule has 1 atom stereocenters. The zero-order chi connectivity index (χ0) is 22.6. The van der Waals surface area contributed by atoms with Crippen LogP contribution in [0.3, 0.4) is 0 Å². The standard InChI is InChI=1S/C21H20ClF3N4O2/c1-12-6-7-15(22)9-17(12)27-19-10-18(28-20(29-19)26-13(2)11-30)14-4-3-5-16(8-14)31-21(23,24)25/h3-10,13,30H,11H2,1-2H3,(H2,26,27,28,29)/t13-/m1/s1. The molecule has 6 nitrogen and oxygen atoms in total. The summed E-state index contributed by atoms with van der Waals surface area (Å²) in [5, 5.41) is 16.0. The highest BCUT2D eigenvalue weighted by Crippen LogP contribution is 2.30. The molecule has 0 radical (unpaired) electrons. The van der Waals surface area contributed by atoms with Crippen molar-refractivity contribution in [3.63, 3.8) is 0 Å². The highest BCUT2D eigenvalue weighted by Gasteiger charge is 2.31. The van der Waals surface area contributed by atoms with Gasteiger partial charge in [-0.2, -0.15) is 4.98 Å². The van der Waals surface area contributed by atoms with Gasteiger partial charge in [-0.1, -0.05) is 29.8 Å². The summed E-state index contributed by atoms with van der Waals surface area (Å²) in [6.45, 7) is 3.48. The molecular formula is C21H20ClF3N4O2. The minimum absolute atomic E-state index is 0.154. The zero-order valence-electron chi connectivity index (χ0n) is 16.7. The van der Waals surface area contributed by atoms with E-state index in [0.717, 1.165) is 5.56 Å². The number of alkyl halides is 3. The first-order chi connectivity index (χ1) is 14.6. The molecule has 1 aromatic heterocycles. The largest absolute Gasteiger partial charge is 0.573 e. The number of anilines is 3. The summed E-state index contributed by atoms with van der Waals surface area (Å²) in [5.74, 6) is 0.232. The van der Waals surface area contributed by atoms with Gasteiger partial charge in [0.05, 0.1) is 12.3 Å². The first-order valence-corrected chi connectivity index (χ1v) is 9.66. The topological polar surface area (TPSA) is 79.3 Å². The van der Waals surface area contributed by atoms with Crippen molar-refractivity contribution in [1.29, 1.82) is 0 Å². The van der Waals surface area contributed by atoms with E-state index in [9.17, 15) is 18.3 Å². The van der Waals surface area contributed by atoms with Crippen molar-refractivity contribution in [2.45, 2.75) is 26.3 Å². The first kappa shape index (κ1) is 22.6. The number of hydrogen-bond acceptors (Lipinski definition) is 6. The van der Waals surface area contributed by atoms with Crippen LogP contribution in [0.2, 0.25) is 5.02 Å². The van der Waals surface area contributed by atoms with Gasteiger partial charge in [-0.25, -0.2) is 4.98 Å². The lowest BCUT2D eigenvalue weighted by Crippen LogP contribution is -2.21. The Labute approximate surface area is 182 Å². The van der Waals surface area contributed by atoms with Crippen LogP contribution in [0, 0.1) is 6.92 Å². The second-order valence-corrected chi connectivity index (χ2v) is 7.29. The number of nitrogens with one attached hydrogen (secondary N) is 2. The van der Waals surface area contributed by atoms with Crippen molar-refractivity contribution in [2.75, 3.05) is 17.2 Å². The number of aryl methyl sites for hydroxylation is 1. The lowest BCUT2D eigenvalue weighted by Gasteiger charge is -2.16. The minimum atomic E-state index is -4.80. The Bertz CT molecular complexity index is 1060. The summed E-state index contributed by atoms with van der Waals surface area (Å²) < 4.78 is 41.8. The van der Waals surface area contributed by atoms with Gasteiger partial charge in [0.2, 0.25) is 5.95 Å². The van der Waals surface area contributed by atoms with E-state index in [1.807, 2.05) is 13.0 Å². The van der Waals surface area contributed by atoms with Gasteiger partial charge in [0.25, 0.3) is 0 Å². The van der Waals surface area contributed by atoms with Crippen molar-refractivity contribution in [3.05, 3.63) is 59.1 Å². The van der Waals surface area contributed by atoms with Crippen molar-refractivity contribution in [1.82, 2.24) is 9.97 Å². The number of halogens is 4. The van der Waals surface area contributed by atoms with Crippen LogP contribution in [-0.4, -0.2) is 34.1 Å². The van der Waals surface area contributed by atoms with Crippen LogP contribution < -0.4 is 15.4 Å². The summed E-state index contributed by atoms with van der Waals surface area (Å²) >= 11 is 6.08. The number of nitrogens with zero attached hydrogens (tertiary/aromatic N) is 2. The number of benzene rings is 2. The molecule has 0 bridgehead atoms. The fraction of sp³-hybridized carbons (Fsp3) is 0.238. The Morgan fingerprint density at radius 2 is 1.90 bits per heavy atom. The molecule has 3 aromatic rings. The lowest BCUT2D eigenvalue weighted by atomic mass is 10.1. The van der Waals surface area contributed by atoms with Crippen LogP contribution in [0.4, 0.5) is 30.6 Å². The Hall–Kier alpha value is -3.04. The third-order valence-electron chi connectivity index (χ3n) is 4.20. The number of aliphatic hydroxyl groups is 1. The van der Waals surface area contributed by atoms with E-state index in [0.29, 0.717) is 27.8 Å². The number of hydrogen-bond donors (Lipinski definition) is 3. The molecule has 0 spiro atoms. The number of aromatic nitrogens is 2. The molecule has 0 aliphatic heterocycles. The van der Waals surface area contributed by atoms with Gasteiger partial charge in [0.1, 0.15) is 11.6 Å². The molecule has 31 heavy (non-hydrogen) atoms. The molecule has 1 heterocycles. The Morgan fingerprint density at radius 3 is 2.61 bits per heavy atom. The first-order valence-electron chi connectivity index (χ1n) is 9.29. The van der Waals surface area contributed by atoms with Crippen molar-refractivity contribution in [3.8, 4) is 17.0 Å². The Kier molecular flexibility index (Phi) is 6.87. The normalized spacial score (nSPS) is 12.4. The molecule has 3 rings (SSSR count). The van der Waals surface area contributed by atoms with E-state index >= 15 is 0 Å². The summed E-state index contributed by atoms with van der Waals surface area (Å²) in [6.07, 6.45) is -4.80. The molecular weight excluding hydrogens is 433 g/mol. The van der Waals surface area contributed by atoms with Crippen molar-refractivity contribution >= 4 is 29.1 Å².